The quantitative estimate of drug-likeness (QED) is 0.104. The lowest BCUT2D eigenvalue weighted by atomic mass is 9.91. The van der Waals surface area contributed by atoms with E-state index in [-0.39, 0.29) is 0 Å². The Bertz CT molecular complexity index is 1110. The number of aromatic nitrogens is 1. The predicted molar refractivity (Wildman–Crippen MR) is 111 cm³/mol. The number of carbonyl (C=O) groups excluding carboxylic acids is 1. The minimum atomic E-state index is -6.25. The summed E-state index contributed by atoms with van der Waals surface area (Å²) in [6, 6.07) is 2.00. The zero-order valence-electron chi connectivity index (χ0n) is 18.1. The maximum absolute atomic E-state index is 13.0. The van der Waals surface area contributed by atoms with Crippen LogP contribution in [0.4, 0.5) is 5.82 Å². The molecule has 0 aliphatic carbocycles. The first kappa shape index (κ1) is 29.0. The summed E-state index contributed by atoms with van der Waals surface area (Å²) in [7, 11) is -12.3. The highest BCUT2D eigenvalue weighted by Gasteiger charge is 2.85. The largest absolute Gasteiger partial charge is 0.471 e. The van der Waals surface area contributed by atoms with Crippen molar-refractivity contribution in [3.05, 3.63) is 23.9 Å². The van der Waals surface area contributed by atoms with Crippen LogP contribution in [-0.4, -0.2) is 106 Å². The lowest BCUT2D eigenvalue weighted by molar-refractivity contribution is -0.815. The molecule has 13 N–H and O–H groups in total. The van der Waals surface area contributed by atoms with E-state index in [2.05, 4.69) is 4.52 Å². The smallest absolute Gasteiger partial charge is 0.394 e. The first-order valence-corrected chi connectivity index (χ1v) is 13.1. The van der Waals surface area contributed by atoms with Crippen LogP contribution in [-0.2, 0) is 28.9 Å². The Morgan fingerprint density at radius 2 is 1.64 bits per heavy atom. The van der Waals surface area contributed by atoms with Gasteiger partial charge in [-0.25, -0.2) is 4.57 Å². The molecule has 1 amide bonds. The van der Waals surface area contributed by atoms with Crippen LogP contribution in [0.5, 0.6) is 0 Å². The Morgan fingerprint density at radius 1 is 1.06 bits per heavy atom. The highest BCUT2D eigenvalue weighted by atomic mass is 31.2. The molecule has 0 radical (unpaired) electrons. The van der Waals surface area contributed by atoms with Crippen molar-refractivity contribution in [1.29, 1.82) is 0 Å². The number of nitrogen functional groups attached to an aromatic ring is 1. The van der Waals surface area contributed by atoms with Gasteiger partial charge >= 0.3 is 15.4 Å². The fourth-order valence-corrected chi connectivity index (χ4v) is 7.08. The number of carbonyl (C=O) groups is 1. The molecule has 20 heteroatoms. The van der Waals surface area contributed by atoms with Crippen LogP contribution < -0.4 is 16.0 Å². The fourth-order valence-electron chi connectivity index (χ4n) is 4.52. The van der Waals surface area contributed by atoms with Crippen LogP contribution in [0, 0.1) is 0 Å². The Morgan fingerprint density at radius 3 is 2.08 bits per heavy atom. The van der Waals surface area contributed by atoms with Crippen molar-refractivity contribution in [3.63, 3.8) is 0 Å². The molecule has 2 unspecified atom stereocenters. The standard InChI is InChI=1S/C16H25N3O15P2/c17-9-2-1-6(14(18)25)3-19(9)15(13-11(23)10(22)7(4-20)32-13)16(35(26,27)28,34-36(29,30)31)12(24)8(5-21)33-15/h1-3,7-8,10-13,17,20-24H,4-5H2,(H6,18,25,26,27,28,29,30,31)/p+1/t7-,8-,10-,11-,12-,13?,15?,16+/m1/s1. The normalized spacial score (nSPS) is 37.4. The molecular weight excluding hydrogens is 536 g/mol. The zero-order chi connectivity index (χ0) is 27.4. The topological polar surface area (TPSA) is 317 Å². The van der Waals surface area contributed by atoms with Gasteiger partial charge in [0.25, 0.3) is 22.8 Å². The monoisotopic (exact) mass is 562 g/mol. The van der Waals surface area contributed by atoms with Crippen molar-refractivity contribution in [1.82, 2.24) is 0 Å². The van der Waals surface area contributed by atoms with Gasteiger partial charge in [0.05, 0.1) is 18.8 Å². The van der Waals surface area contributed by atoms with Gasteiger partial charge in [0, 0.05) is 6.07 Å². The number of primary amides is 1. The highest BCUT2D eigenvalue weighted by Crippen LogP contribution is 2.70. The van der Waals surface area contributed by atoms with Crippen LogP contribution in [0.15, 0.2) is 18.3 Å². The molecule has 8 atom stereocenters. The van der Waals surface area contributed by atoms with E-state index >= 15 is 0 Å². The van der Waals surface area contributed by atoms with E-state index in [1.807, 2.05) is 0 Å². The summed E-state index contributed by atoms with van der Waals surface area (Å²) in [5.74, 6) is -1.70. The van der Waals surface area contributed by atoms with Gasteiger partial charge in [0.15, 0.2) is 6.10 Å². The Balaban J connectivity index is 2.55. The lowest BCUT2D eigenvalue weighted by Gasteiger charge is -2.45. The average molecular weight is 562 g/mol. The number of nitrogens with zero attached hydrogens (tertiary/aromatic N) is 1. The Hall–Kier alpha value is -1.60. The number of hydrogen-bond donors (Lipinski definition) is 11. The van der Waals surface area contributed by atoms with Crippen LogP contribution in [0.1, 0.15) is 10.4 Å². The summed E-state index contributed by atoms with van der Waals surface area (Å²) in [6.07, 6.45) is -12.4. The van der Waals surface area contributed by atoms with Crippen LogP contribution in [0.2, 0.25) is 0 Å². The van der Waals surface area contributed by atoms with Crippen LogP contribution >= 0.6 is 15.4 Å². The number of hydrogen-bond acceptors (Lipinski definition) is 12. The van der Waals surface area contributed by atoms with Gasteiger partial charge in [-0.3, -0.25) is 19.6 Å². The van der Waals surface area contributed by atoms with E-state index in [4.69, 9.17) is 20.9 Å². The highest BCUT2D eigenvalue weighted by molar-refractivity contribution is 7.55. The number of aliphatic hydroxyl groups excluding tert-OH is 5. The molecule has 1 aromatic heterocycles. The van der Waals surface area contributed by atoms with Crippen molar-refractivity contribution in [3.8, 4) is 0 Å². The van der Waals surface area contributed by atoms with Crippen molar-refractivity contribution in [2.45, 2.75) is 47.7 Å². The molecule has 18 nitrogen and oxygen atoms in total. The Labute approximate surface area is 201 Å². The molecule has 2 aliphatic heterocycles. The summed E-state index contributed by atoms with van der Waals surface area (Å²) in [5, 5.41) is 47.5. The molecule has 2 saturated heterocycles. The van der Waals surface area contributed by atoms with Crippen molar-refractivity contribution < 1.29 is 77.6 Å². The van der Waals surface area contributed by atoms with Gasteiger partial charge < -0.3 is 60.3 Å². The molecule has 0 aromatic carbocycles. The van der Waals surface area contributed by atoms with Gasteiger partial charge in [-0.05, 0) is 6.07 Å². The second kappa shape index (κ2) is 9.61. The number of nitrogens with two attached hydrogens (primary N) is 2. The summed E-state index contributed by atoms with van der Waals surface area (Å²) in [5.41, 5.74) is 7.48. The number of phosphoric ester groups is 1. The molecule has 0 spiro atoms. The molecule has 204 valence electrons. The molecule has 2 fully saturated rings. The number of ether oxygens (including phenoxy) is 2. The third-order valence-corrected chi connectivity index (χ3v) is 8.23. The molecule has 3 rings (SSSR count). The maximum atomic E-state index is 13.0. The van der Waals surface area contributed by atoms with Gasteiger partial charge in [-0.15, -0.1) is 0 Å². The second-order valence-corrected chi connectivity index (χ2v) is 11.1. The number of phosphoric acid groups is 1. The number of aliphatic hydroxyl groups is 5. The molecule has 1 aromatic rings. The molecular formula is C16H26N3O15P2+. The van der Waals surface area contributed by atoms with Gasteiger partial charge in [0.1, 0.15) is 36.7 Å². The zero-order valence-corrected chi connectivity index (χ0v) is 19.9. The summed E-state index contributed by atoms with van der Waals surface area (Å²) >= 11 is 0. The molecule has 36 heavy (non-hydrogen) atoms. The molecule has 0 saturated carbocycles. The summed E-state index contributed by atoms with van der Waals surface area (Å²) < 4.78 is 41.1. The van der Waals surface area contributed by atoms with E-state index in [9.17, 15) is 59.0 Å². The van der Waals surface area contributed by atoms with E-state index in [0.29, 0.717) is 10.8 Å². The minimum Gasteiger partial charge on any atom is -0.394 e. The first-order valence-electron chi connectivity index (χ1n) is 10.0. The number of anilines is 1. The summed E-state index contributed by atoms with van der Waals surface area (Å²) in [6.45, 7) is -2.21. The van der Waals surface area contributed by atoms with Crippen LogP contribution in [0.3, 0.4) is 0 Å². The first-order chi connectivity index (χ1) is 16.5. The van der Waals surface area contributed by atoms with Crippen LogP contribution in [0.25, 0.3) is 0 Å². The Kier molecular flexibility index (Phi) is 7.73. The fraction of sp³-hybridized carbons (Fsp3) is 0.625. The number of pyridine rings is 1. The van der Waals surface area contributed by atoms with Gasteiger partial charge in [-0.2, -0.15) is 4.57 Å². The molecule has 3 heterocycles. The van der Waals surface area contributed by atoms with Crippen molar-refractivity contribution >= 4 is 27.1 Å². The number of amides is 1. The summed E-state index contributed by atoms with van der Waals surface area (Å²) in [4.78, 5) is 52.0. The molecule has 2 aliphatic rings. The van der Waals surface area contributed by atoms with E-state index in [1.54, 1.807) is 0 Å². The maximum Gasteiger partial charge on any atom is 0.471 e. The SMILES string of the molecule is NC(=O)c1ccc(N)[n+](C2(C3O[C@H](CO)[C@@H](O)[C@H]3O)O[C@H](CO)[C@@H](O)[C@]2(OP(=O)(O)O)P(=O)(O)O)c1. The van der Waals surface area contributed by atoms with E-state index in [1.165, 1.54) is 0 Å². The predicted octanol–water partition coefficient (Wildman–Crippen LogP) is -5.48. The van der Waals surface area contributed by atoms with Gasteiger partial charge in [0.2, 0.25) is 0 Å². The molecule has 0 bridgehead atoms. The second-order valence-electron chi connectivity index (χ2n) is 8.14. The van der Waals surface area contributed by atoms with Crippen molar-refractivity contribution in [2.24, 2.45) is 5.73 Å². The third kappa shape index (κ3) is 4.28. The van der Waals surface area contributed by atoms with E-state index < -0.39 is 93.6 Å². The van der Waals surface area contributed by atoms with Gasteiger partial charge in [-0.1, -0.05) is 0 Å². The minimum absolute atomic E-state index is 0.420. The third-order valence-electron chi connectivity index (χ3n) is 6.02. The average Bonchev–Trinajstić information content (AvgIpc) is 3.19. The number of rotatable bonds is 8. The lowest BCUT2D eigenvalue weighted by Crippen LogP contribution is -2.77. The van der Waals surface area contributed by atoms with Crippen molar-refractivity contribution in [2.75, 3.05) is 18.9 Å². The van der Waals surface area contributed by atoms with E-state index in [0.717, 1.165) is 12.1 Å².